The molecule has 26 heavy (non-hydrogen) atoms. The maximum atomic E-state index is 13.1. The monoisotopic (exact) mass is 353 g/mol. The standard InChI is InChI=1S/C19H20FN5O/c1-2-3-6-17-13-25(24-23-17)18-10-8-15(9-11-18)21-19(26)22-16-7-4-5-14(20)12-16/h4-5,7-13H,2-3,6H2,1H3,(H2,21,22,26). The Labute approximate surface area is 151 Å². The summed E-state index contributed by atoms with van der Waals surface area (Å²) in [6.45, 7) is 2.14. The van der Waals surface area contributed by atoms with Crippen LogP contribution in [0.25, 0.3) is 5.69 Å². The number of hydrogen-bond donors (Lipinski definition) is 2. The molecule has 0 bridgehead atoms. The number of benzene rings is 2. The van der Waals surface area contributed by atoms with Crippen molar-refractivity contribution in [3.05, 3.63) is 66.2 Å². The second kappa shape index (κ2) is 8.24. The van der Waals surface area contributed by atoms with Crippen LogP contribution in [0.4, 0.5) is 20.6 Å². The molecule has 6 nitrogen and oxygen atoms in total. The molecule has 0 atom stereocenters. The average Bonchev–Trinajstić information content (AvgIpc) is 3.09. The number of rotatable bonds is 6. The molecule has 3 rings (SSSR count). The van der Waals surface area contributed by atoms with Crippen molar-refractivity contribution in [1.82, 2.24) is 15.0 Å². The van der Waals surface area contributed by atoms with Gasteiger partial charge in [0.1, 0.15) is 5.82 Å². The Hall–Kier alpha value is -3.22. The minimum Gasteiger partial charge on any atom is -0.308 e. The highest BCUT2D eigenvalue weighted by molar-refractivity contribution is 5.99. The van der Waals surface area contributed by atoms with E-state index in [4.69, 9.17) is 0 Å². The zero-order valence-electron chi connectivity index (χ0n) is 14.4. The van der Waals surface area contributed by atoms with Crippen molar-refractivity contribution in [2.24, 2.45) is 0 Å². The van der Waals surface area contributed by atoms with Gasteiger partial charge in [-0.1, -0.05) is 24.6 Å². The first-order valence-electron chi connectivity index (χ1n) is 8.49. The van der Waals surface area contributed by atoms with Gasteiger partial charge in [0.05, 0.1) is 17.6 Å². The lowest BCUT2D eigenvalue weighted by Crippen LogP contribution is -2.19. The molecule has 2 N–H and O–H groups in total. The number of amides is 2. The topological polar surface area (TPSA) is 71.8 Å². The summed E-state index contributed by atoms with van der Waals surface area (Å²) in [6.07, 6.45) is 5.03. The Morgan fingerprint density at radius 3 is 2.62 bits per heavy atom. The fourth-order valence-electron chi connectivity index (χ4n) is 2.45. The van der Waals surface area contributed by atoms with E-state index in [1.54, 1.807) is 22.9 Å². The quantitative estimate of drug-likeness (QED) is 0.690. The summed E-state index contributed by atoms with van der Waals surface area (Å²) in [5.74, 6) is -0.404. The predicted molar refractivity (Wildman–Crippen MR) is 99.0 cm³/mol. The highest BCUT2D eigenvalue weighted by Gasteiger charge is 2.05. The van der Waals surface area contributed by atoms with E-state index >= 15 is 0 Å². The molecule has 0 saturated heterocycles. The smallest absolute Gasteiger partial charge is 0.308 e. The molecule has 0 aliphatic carbocycles. The van der Waals surface area contributed by atoms with Crippen LogP contribution < -0.4 is 10.6 Å². The Balaban J connectivity index is 1.60. The van der Waals surface area contributed by atoms with Gasteiger partial charge in [-0.25, -0.2) is 13.9 Å². The molecule has 7 heteroatoms. The molecular weight excluding hydrogens is 333 g/mol. The maximum Gasteiger partial charge on any atom is 0.323 e. The van der Waals surface area contributed by atoms with Gasteiger partial charge in [-0.05, 0) is 55.3 Å². The molecule has 1 aromatic heterocycles. The van der Waals surface area contributed by atoms with Crippen LogP contribution in [-0.4, -0.2) is 21.0 Å². The number of nitrogens with one attached hydrogen (secondary N) is 2. The van der Waals surface area contributed by atoms with Gasteiger partial charge < -0.3 is 10.6 Å². The second-order valence-electron chi connectivity index (χ2n) is 5.89. The third kappa shape index (κ3) is 4.66. The van der Waals surface area contributed by atoms with E-state index in [0.717, 1.165) is 30.6 Å². The first-order valence-corrected chi connectivity index (χ1v) is 8.49. The molecule has 2 amide bonds. The van der Waals surface area contributed by atoms with Crippen LogP contribution in [0.15, 0.2) is 54.7 Å². The number of unbranched alkanes of at least 4 members (excludes halogenated alkanes) is 1. The Morgan fingerprint density at radius 2 is 1.88 bits per heavy atom. The van der Waals surface area contributed by atoms with Gasteiger partial charge in [0, 0.05) is 11.4 Å². The van der Waals surface area contributed by atoms with Gasteiger partial charge in [0.2, 0.25) is 0 Å². The van der Waals surface area contributed by atoms with Crippen LogP contribution >= 0.6 is 0 Å². The molecule has 1 heterocycles. The zero-order valence-corrected chi connectivity index (χ0v) is 14.4. The molecule has 0 radical (unpaired) electrons. The second-order valence-corrected chi connectivity index (χ2v) is 5.89. The molecule has 0 fully saturated rings. The first kappa shape index (κ1) is 17.6. The summed E-state index contributed by atoms with van der Waals surface area (Å²) < 4.78 is 14.8. The van der Waals surface area contributed by atoms with Crippen LogP contribution in [-0.2, 0) is 6.42 Å². The van der Waals surface area contributed by atoms with Crippen LogP contribution in [0.2, 0.25) is 0 Å². The van der Waals surface area contributed by atoms with E-state index < -0.39 is 11.8 Å². The molecule has 0 saturated carbocycles. The number of anilines is 2. The number of aromatic nitrogens is 3. The fourth-order valence-corrected chi connectivity index (χ4v) is 2.45. The van der Waals surface area contributed by atoms with Crippen molar-refractivity contribution in [2.75, 3.05) is 10.6 Å². The van der Waals surface area contributed by atoms with Crippen LogP contribution in [0.3, 0.4) is 0 Å². The first-order chi connectivity index (χ1) is 12.6. The Morgan fingerprint density at radius 1 is 1.12 bits per heavy atom. The van der Waals surface area contributed by atoms with E-state index in [1.807, 2.05) is 18.3 Å². The lowest BCUT2D eigenvalue weighted by molar-refractivity contribution is 0.262. The van der Waals surface area contributed by atoms with Crippen molar-refractivity contribution in [1.29, 1.82) is 0 Å². The van der Waals surface area contributed by atoms with Crippen molar-refractivity contribution < 1.29 is 9.18 Å². The largest absolute Gasteiger partial charge is 0.323 e. The normalized spacial score (nSPS) is 10.5. The third-order valence-electron chi connectivity index (χ3n) is 3.80. The van der Waals surface area contributed by atoms with Gasteiger partial charge in [-0.15, -0.1) is 5.10 Å². The molecular formula is C19H20FN5O. The van der Waals surface area contributed by atoms with Gasteiger partial charge in [0.15, 0.2) is 0 Å². The molecule has 0 unspecified atom stereocenters. The van der Waals surface area contributed by atoms with E-state index in [1.165, 1.54) is 18.2 Å². The Kier molecular flexibility index (Phi) is 5.58. The lowest BCUT2D eigenvalue weighted by Gasteiger charge is -2.08. The number of hydrogen-bond acceptors (Lipinski definition) is 3. The number of carbonyl (C=O) groups is 1. The van der Waals surface area contributed by atoms with Crippen LogP contribution in [0, 0.1) is 5.82 Å². The molecule has 0 aliphatic rings. The molecule has 0 spiro atoms. The van der Waals surface area contributed by atoms with E-state index in [2.05, 4.69) is 27.9 Å². The fraction of sp³-hybridized carbons (Fsp3) is 0.211. The van der Waals surface area contributed by atoms with Gasteiger partial charge in [-0.3, -0.25) is 0 Å². The molecule has 2 aromatic carbocycles. The summed E-state index contributed by atoms with van der Waals surface area (Å²) >= 11 is 0. The van der Waals surface area contributed by atoms with E-state index in [0.29, 0.717) is 11.4 Å². The zero-order chi connectivity index (χ0) is 18.4. The highest BCUT2D eigenvalue weighted by Crippen LogP contribution is 2.15. The van der Waals surface area contributed by atoms with Crippen molar-refractivity contribution >= 4 is 17.4 Å². The number of nitrogens with zero attached hydrogens (tertiary/aromatic N) is 3. The number of aryl methyl sites for hydroxylation is 1. The van der Waals surface area contributed by atoms with E-state index in [-0.39, 0.29) is 0 Å². The third-order valence-corrected chi connectivity index (χ3v) is 3.80. The predicted octanol–water partition coefficient (Wildman–Crippen LogP) is 4.39. The number of urea groups is 1. The van der Waals surface area contributed by atoms with Crippen LogP contribution in [0.1, 0.15) is 25.5 Å². The van der Waals surface area contributed by atoms with Crippen molar-refractivity contribution in [2.45, 2.75) is 26.2 Å². The highest BCUT2D eigenvalue weighted by atomic mass is 19.1. The summed E-state index contributed by atoms with van der Waals surface area (Å²) in [5.41, 5.74) is 2.83. The number of halogens is 1. The average molecular weight is 353 g/mol. The maximum absolute atomic E-state index is 13.1. The van der Waals surface area contributed by atoms with Crippen molar-refractivity contribution in [3.63, 3.8) is 0 Å². The minimum absolute atomic E-state index is 0.390. The SMILES string of the molecule is CCCCc1cn(-c2ccc(NC(=O)Nc3cccc(F)c3)cc2)nn1. The van der Waals surface area contributed by atoms with Crippen LogP contribution in [0.5, 0.6) is 0 Å². The number of carbonyl (C=O) groups excluding carboxylic acids is 1. The summed E-state index contributed by atoms with van der Waals surface area (Å²) in [4.78, 5) is 12.0. The lowest BCUT2D eigenvalue weighted by atomic mass is 10.2. The summed E-state index contributed by atoms with van der Waals surface area (Å²) in [5, 5.41) is 13.6. The van der Waals surface area contributed by atoms with E-state index in [9.17, 15) is 9.18 Å². The van der Waals surface area contributed by atoms with Gasteiger partial charge >= 0.3 is 6.03 Å². The van der Waals surface area contributed by atoms with Crippen molar-refractivity contribution in [3.8, 4) is 5.69 Å². The van der Waals surface area contributed by atoms with Gasteiger partial charge in [0.25, 0.3) is 0 Å². The molecule has 134 valence electrons. The summed E-state index contributed by atoms with van der Waals surface area (Å²) in [6, 6.07) is 12.5. The summed E-state index contributed by atoms with van der Waals surface area (Å²) in [7, 11) is 0. The van der Waals surface area contributed by atoms with Gasteiger partial charge in [-0.2, -0.15) is 0 Å². The minimum atomic E-state index is -0.439. The molecule has 3 aromatic rings. The Bertz CT molecular complexity index is 876. The molecule has 0 aliphatic heterocycles.